The standard InChI is InChI=1S/C17H20O6S2.C10H13I/c1-13-4-8-16(9-5-13)24(18,19)22-12-15(3)23-25(20,21)17-10-6-14(2)7-11-17;1-6-5-10(11)9(4)8(3)7(6)2/h4-11,15H,12H2,1-3H3;5H,1-4H3/t15-;/m0./s1. The molecule has 0 aliphatic carbocycles. The van der Waals surface area contributed by atoms with Gasteiger partial charge in [0.1, 0.15) is 0 Å². The fraction of sp³-hybridized carbons (Fsp3) is 0.333. The van der Waals surface area contributed by atoms with Gasteiger partial charge in [-0.1, -0.05) is 35.4 Å². The van der Waals surface area contributed by atoms with Gasteiger partial charge in [0.05, 0.1) is 22.5 Å². The van der Waals surface area contributed by atoms with Crippen LogP contribution >= 0.6 is 22.6 Å². The first-order valence-electron chi connectivity index (χ1n) is 11.3. The summed E-state index contributed by atoms with van der Waals surface area (Å²) in [6.07, 6.45) is -0.966. The minimum Gasteiger partial charge on any atom is -0.264 e. The number of hydrogen-bond donors (Lipinski definition) is 0. The van der Waals surface area contributed by atoms with E-state index >= 15 is 0 Å². The first kappa shape index (κ1) is 30.4. The third kappa shape index (κ3) is 8.37. The van der Waals surface area contributed by atoms with Crippen LogP contribution in [0.25, 0.3) is 0 Å². The van der Waals surface area contributed by atoms with E-state index < -0.39 is 32.9 Å². The van der Waals surface area contributed by atoms with E-state index in [4.69, 9.17) is 8.37 Å². The van der Waals surface area contributed by atoms with Gasteiger partial charge in [0.2, 0.25) is 0 Å². The number of hydrogen-bond acceptors (Lipinski definition) is 6. The summed E-state index contributed by atoms with van der Waals surface area (Å²) in [5.41, 5.74) is 7.53. The molecule has 0 bridgehead atoms. The fourth-order valence-corrected chi connectivity index (χ4v) is 6.04. The van der Waals surface area contributed by atoms with Gasteiger partial charge in [-0.2, -0.15) is 16.8 Å². The smallest absolute Gasteiger partial charge is 0.264 e. The average Bonchev–Trinajstić information content (AvgIpc) is 2.81. The first-order chi connectivity index (χ1) is 16.6. The van der Waals surface area contributed by atoms with Crippen LogP contribution in [0, 0.1) is 45.1 Å². The summed E-state index contributed by atoms with van der Waals surface area (Å²) in [4.78, 5) is 0.0121. The molecule has 0 aromatic heterocycles. The van der Waals surface area contributed by atoms with Gasteiger partial charge >= 0.3 is 0 Å². The zero-order valence-electron chi connectivity index (χ0n) is 21.6. The van der Waals surface area contributed by atoms with Crippen molar-refractivity contribution in [3.63, 3.8) is 0 Å². The van der Waals surface area contributed by atoms with Crippen LogP contribution in [0.1, 0.15) is 40.3 Å². The Labute approximate surface area is 229 Å². The number of rotatable bonds is 7. The molecule has 0 aliphatic rings. The molecule has 0 heterocycles. The quantitative estimate of drug-likeness (QED) is 0.221. The van der Waals surface area contributed by atoms with Crippen molar-refractivity contribution in [2.75, 3.05) is 6.61 Å². The highest BCUT2D eigenvalue weighted by Crippen LogP contribution is 2.22. The van der Waals surface area contributed by atoms with Gasteiger partial charge in [-0.15, -0.1) is 0 Å². The summed E-state index contributed by atoms with van der Waals surface area (Å²) in [5, 5.41) is 0. The first-order valence-corrected chi connectivity index (χ1v) is 15.2. The van der Waals surface area contributed by atoms with Gasteiger partial charge in [-0.3, -0.25) is 8.37 Å². The van der Waals surface area contributed by atoms with Crippen LogP contribution in [0.3, 0.4) is 0 Å². The van der Waals surface area contributed by atoms with Crippen LogP contribution in [-0.2, 0) is 28.6 Å². The summed E-state index contributed by atoms with van der Waals surface area (Å²) in [6, 6.07) is 14.6. The molecule has 0 saturated carbocycles. The Morgan fingerprint density at radius 3 is 1.61 bits per heavy atom. The summed E-state index contributed by atoms with van der Waals surface area (Å²) in [7, 11) is -7.96. The van der Waals surface area contributed by atoms with Gasteiger partial charge in [0, 0.05) is 3.57 Å². The third-order valence-electron chi connectivity index (χ3n) is 5.79. The Bertz CT molecular complexity index is 1370. The Hall–Kier alpha value is -1.79. The molecule has 1 atom stereocenters. The van der Waals surface area contributed by atoms with Crippen molar-refractivity contribution in [3.8, 4) is 0 Å². The topological polar surface area (TPSA) is 86.7 Å². The molecule has 0 aliphatic heterocycles. The van der Waals surface area contributed by atoms with Crippen LogP contribution in [0.2, 0.25) is 0 Å². The van der Waals surface area contributed by atoms with Crippen molar-refractivity contribution >= 4 is 42.8 Å². The molecule has 36 heavy (non-hydrogen) atoms. The zero-order valence-corrected chi connectivity index (χ0v) is 25.4. The summed E-state index contributed by atoms with van der Waals surface area (Å²) >= 11 is 2.39. The molecule has 0 spiro atoms. The van der Waals surface area contributed by atoms with E-state index in [1.165, 1.54) is 57.0 Å². The number of halogens is 1. The van der Waals surface area contributed by atoms with E-state index in [0.717, 1.165) is 11.1 Å². The maximum absolute atomic E-state index is 12.2. The van der Waals surface area contributed by atoms with E-state index in [0.29, 0.717) is 0 Å². The lowest BCUT2D eigenvalue weighted by atomic mass is 10.0. The van der Waals surface area contributed by atoms with Crippen LogP contribution in [0.5, 0.6) is 0 Å². The summed E-state index contributed by atoms with van der Waals surface area (Å²) < 4.78 is 59.8. The van der Waals surface area contributed by atoms with Crippen molar-refractivity contribution in [1.82, 2.24) is 0 Å². The molecule has 3 aromatic rings. The Morgan fingerprint density at radius 1 is 0.694 bits per heavy atom. The van der Waals surface area contributed by atoms with E-state index in [-0.39, 0.29) is 9.79 Å². The van der Waals surface area contributed by atoms with Crippen molar-refractivity contribution in [2.45, 2.75) is 64.4 Å². The highest BCUT2D eigenvalue weighted by atomic mass is 127. The monoisotopic (exact) mass is 644 g/mol. The van der Waals surface area contributed by atoms with Crippen molar-refractivity contribution in [3.05, 3.63) is 91.5 Å². The average molecular weight is 645 g/mol. The van der Waals surface area contributed by atoms with Crippen molar-refractivity contribution in [1.29, 1.82) is 0 Å². The van der Waals surface area contributed by atoms with Gasteiger partial charge in [-0.25, -0.2) is 0 Å². The predicted octanol–water partition coefficient (Wildman–Crippen LogP) is 6.33. The molecule has 0 unspecified atom stereocenters. The lowest BCUT2D eigenvalue weighted by Crippen LogP contribution is -2.23. The second-order valence-electron chi connectivity index (χ2n) is 8.78. The summed E-state index contributed by atoms with van der Waals surface area (Å²) in [6.45, 7) is 13.4. The normalized spacial score (nSPS) is 12.6. The molecular formula is C27H33IO6S2. The van der Waals surface area contributed by atoms with Gasteiger partial charge in [0.25, 0.3) is 20.2 Å². The van der Waals surface area contributed by atoms with Gasteiger partial charge in [0.15, 0.2) is 0 Å². The molecule has 6 nitrogen and oxygen atoms in total. The van der Waals surface area contributed by atoms with Crippen molar-refractivity contribution in [2.24, 2.45) is 0 Å². The molecule has 196 valence electrons. The van der Waals surface area contributed by atoms with Crippen LogP contribution < -0.4 is 0 Å². The van der Waals surface area contributed by atoms with Crippen LogP contribution in [0.4, 0.5) is 0 Å². The molecule has 0 radical (unpaired) electrons. The SMILES string of the molecule is Cc1cc(I)c(C)c(C)c1C.Cc1ccc(S(=O)(=O)OC[C@H](C)OS(=O)(=O)c2ccc(C)cc2)cc1. The number of benzene rings is 3. The van der Waals surface area contributed by atoms with E-state index in [2.05, 4.69) is 56.4 Å². The summed E-state index contributed by atoms with van der Waals surface area (Å²) in [5.74, 6) is 0. The minimum atomic E-state index is -3.99. The number of aryl methyl sites for hydroxylation is 3. The molecular weight excluding hydrogens is 611 g/mol. The zero-order chi connectivity index (χ0) is 27.3. The second-order valence-corrected chi connectivity index (χ2v) is 13.1. The highest BCUT2D eigenvalue weighted by Gasteiger charge is 2.22. The largest absolute Gasteiger partial charge is 0.297 e. The molecule has 3 aromatic carbocycles. The molecule has 0 amide bonds. The Morgan fingerprint density at radius 2 is 1.14 bits per heavy atom. The lowest BCUT2D eigenvalue weighted by molar-refractivity contribution is 0.152. The van der Waals surface area contributed by atoms with Crippen molar-refractivity contribution < 1.29 is 25.2 Å². The minimum absolute atomic E-state index is 0.00587. The van der Waals surface area contributed by atoms with Crippen LogP contribution in [0.15, 0.2) is 64.4 Å². The Kier molecular flexibility index (Phi) is 10.7. The molecule has 0 N–H and O–H groups in total. The molecule has 0 fully saturated rings. The molecule has 3 rings (SSSR count). The molecule has 0 saturated heterocycles. The molecule has 9 heteroatoms. The fourth-order valence-electron chi connectivity index (χ4n) is 3.13. The van der Waals surface area contributed by atoms with E-state index in [1.807, 2.05) is 13.8 Å². The second kappa shape index (κ2) is 12.6. The van der Waals surface area contributed by atoms with Gasteiger partial charge in [-0.05, 0) is 124 Å². The Balaban J connectivity index is 0.000000346. The lowest BCUT2D eigenvalue weighted by Gasteiger charge is -2.13. The maximum atomic E-state index is 12.2. The maximum Gasteiger partial charge on any atom is 0.297 e. The predicted molar refractivity (Wildman–Crippen MR) is 151 cm³/mol. The van der Waals surface area contributed by atoms with Gasteiger partial charge < -0.3 is 0 Å². The van der Waals surface area contributed by atoms with Crippen LogP contribution in [-0.4, -0.2) is 29.5 Å². The third-order valence-corrected chi connectivity index (χ3v) is 9.63. The van der Waals surface area contributed by atoms with E-state index in [1.54, 1.807) is 24.3 Å². The van der Waals surface area contributed by atoms with E-state index in [9.17, 15) is 16.8 Å². The highest BCUT2D eigenvalue weighted by molar-refractivity contribution is 14.1.